The molecule has 30 heavy (non-hydrogen) atoms. The first-order valence-electron chi connectivity index (χ1n) is 8.81. The van der Waals surface area contributed by atoms with Crippen LogP contribution in [0, 0.1) is 0 Å². The molecule has 2 aromatic carbocycles. The fourth-order valence-electron chi connectivity index (χ4n) is 2.55. The van der Waals surface area contributed by atoms with Crippen molar-refractivity contribution in [3.8, 4) is 11.5 Å². The molecule has 0 saturated carbocycles. The zero-order valence-corrected chi connectivity index (χ0v) is 17.4. The van der Waals surface area contributed by atoms with Gasteiger partial charge in [-0.3, -0.25) is 9.59 Å². The van der Waals surface area contributed by atoms with Gasteiger partial charge in [0.2, 0.25) is 5.91 Å². The van der Waals surface area contributed by atoms with E-state index in [2.05, 4.69) is 15.5 Å². The minimum absolute atomic E-state index is 0.256. The summed E-state index contributed by atoms with van der Waals surface area (Å²) in [5.74, 6) is -0.370. The Kier molecular flexibility index (Phi) is 7.31. The zero-order valence-electron chi connectivity index (χ0n) is 15.9. The van der Waals surface area contributed by atoms with Gasteiger partial charge in [0.25, 0.3) is 0 Å². The number of carboxylic acid groups (broad SMARTS) is 1. The number of rotatable bonds is 8. The number of carboxylic acids is 1. The second-order valence-electron chi connectivity index (χ2n) is 6.13. The molecule has 0 spiro atoms. The number of nitrogens with one attached hydrogen (secondary N) is 1. The van der Waals surface area contributed by atoms with E-state index in [4.69, 9.17) is 26.2 Å². The van der Waals surface area contributed by atoms with Gasteiger partial charge in [-0.1, -0.05) is 41.6 Å². The summed E-state index contributed by atoms with van der Waals surface area (Å²) in [6.45, 7) is 0.270. The number of aliphatic carboxylic acids is 1. The zero-order chi connectivity index (χ0) is 21.5. The quantitative estimate of drug-likeness (QED) is 0.474. The number of hydrogen-bond acceptors (Lipinski definition) is 7. The minimum Gasteiger partial charge on any atom is -0.493 e. The number of hydrogen-bond donors (Lipinski definition) is 2. The van der Waals surface area contributed by atoms with Crippen molar-refractivity contribution in [1.82, 2.24) is 5.32 Å². The van der Waals surface area contributed by atoms with Crippen molar-refractivity contribution in [2.75, 3.05) is 7.11 Å². The summed E-state index contributed by atoms with van der Waals surface area (Å²) in [4.78, 5) is 22.5. The van der Waals surface area contributed by atoms with Crippen molar-refractivity contribution < 1.29 is 24.2 Å². The van der Waals surface area contributed by atoms with Gasteiger partial charge in [0.15, 0.2) is 16.7 Å². The molecule has 156 valence electrons. The molecule has 1 saturated heterocycles. The van der Waals surface area contributed by atoms with Gasteiger partial charge in [0.05, 0.1) is 19.7 Å². The van der Waals surface area contributed by atoms with Crippen molar-refractivity contribution in [3.05, 3.63) is 58.6 Å². The number of thioether (sulfide) groups is 1. The van der Waals surface area contributed by atoms with Crippen LogP contribution in [0.4, 0.5) is 0 Å². The molecule has 2 aromatic rings. The molecule has 2 N–H and O–H groups in total. The van der Waals surface area contributed by atoms with Gasteiger partial charge in [-0.2, -0.15) is 5.10 Å². The summed E-state index contributed by atoms with van der Waals surface area (Å²) in [6.07, 6.45) is 1.22. The molecule has 1 aliphatic rings. The number of amidine groups is 1. The predicted octanol–water partition coefficient (Wildman–Crippen LogP) is 3.32. The first-order valence-corrected chi connectivity index (χ1v) is 10.1. The second-order valence-corrected chi connectivity index (χ2v) is 7.73. The summed E-state index contributed by atoms with van der Waals surface area (Å²) >= 11 is 7.20. The molecule has 0 aromatic heterocycles. The van der Waals surface area contributed by atoms with Crippen LogP contribution in [0.3, 0.4) is 0 Å². The van der Waals surface area contributed by atoms with E-state index >= 15 is 0 Å². The monoisotopic (exact) mass is 447 g/mol. The third kappa shape index (κ3) is 5.74. The Balaban J connectivity index is 1.68. The van der Waals surface area contributed by atoms with Crippen molar-refractivity contribution in [2.24, 2.45) is 10.2 Å². The van der Waals surface area contributed by atoms with Crippen molar-refractivity contribution in [1.29, 1.82) is 0 Å². The van der Waals surface area contributed by atoms with E-state index in [1.54, 1.807) is 31.4 Å². The van der Waals surface area contributed by atoms with Gasteiger partial charge < -0.3 is 19.9 Å². The van der Waals surface area contributed by atoms with E-state index in [-0.39, 0.29) is 18.2 Å². The molecule has 0 radical (unpaired) electrons. The maximum atomic E-state index is 11.7. The van der Waals surface area contributed by atoms with Crippen LogP contribution in [-0.2, 0) is 16.2 Å². The average molecular weight is 448 g/mol. The molecule has 8 nitrogen and oxygen atoms in total. The van der Waals surface area contributed by atoms with Crippen LogP contribution >= 0.6 is 23.4 Å². The molecular formula is C20H18ClN3O5S. The van der Waals surface area contributed by atoms with Gasteiger partial charge >= 0.3 is 5.97 Å². The Hall–Kier alpha value is -3.04. The van der Waals surface area contributed by atoms with Crippen LogP contribution < -0.4 is 14.8 Å². The highest BCUT2D eigenvalue weighted by molar-refractivity contribution is 8.15. The summed E-state index contributed by atoms with van der Waals surface area (Å²) in [7, 11) is 1.55. The summed E-state index contributed by atoms with van der Waals surface area (Å²) in [5.41, 5.74) is 1.54. The summed E-state index contributed by atoms with van der Waals surface area (Å²) in [6, 6.07) is 12.7. The number of ether oxygens (including phenoxy) is 2. The van der Waals surface area contributed by atoms with E-state index in [0.29, 0.717) is 22.1 Å². The van der Waals surface area contributed by atoms with E-state index in [1.165, 1.54) is 6.21 Å². The number of amides is 1. The molecule has 3 rings (SSSR count). The van der Waals surface area contributed by atoms with Crippen LogP contribution in [0.1, 0.15) is 17.5 Å². The highest BCUT2D eigenvalue weighted by Crippen LogP contribution is 2.29. The number of benzene rings is 2. The van der Waals surface area contributed by atoms with Gasteiger partial charge in [-0.25, -0.2) is 0 Å². The molecule has 1 fully saturated rings. The van der Waals surface area contributed by atoms with Crippen LogP contribution in [0.5, 0.6) is 11.5 Å². The first kappa shape index (κ1) is 21.7. The summed E-state index contributed by atoms with van der Waals surface area (Å²) in [5, 5.41) is 19.4. The Morgan fingerprint density at radius 2 is 2.10 bits per heavy atom. The van der Waals surface area contributed by atoms with E-state index in [9.17, 15) is 9.59 Å². The molecule has 1 amide bonds. The normalized spacial score (nSPS) is 17.3. The number of halogens is 1. The highest BCUT2D eigenvalue weighted by atomic mass is 35.5. The Morgan fingerprint density at radius 1 is 1.30 bits per heavy atom. The molecule has 1 atom stereocenters. The lowest BCUT2D eigenvalue weighted by molar-refractivity contribution is -0.138. The number of methoxy groups -OCH3 is 1. The average Bonchev–Trinajstić information content (AvgIpc) is 3.06. The van der Waals surface area contributed by atoms with E-state index in [0.717, 1.165) is 17.3 Å². The number of carbonyl (C=O) groups excluding carboxylic acids is 1. The summed E-state index contributed by atoms with van der Waals surface area (Å²) < 4.78 is 11.2. The maximum Gasteiger partial charge on any atom is 0.305 e. The SMILES string of the molecule is COc1ccc(/C=N\N=C2NC(=O)[C@@H](CC(=O)O)S2)cc1OCc1ccccc1Cl. The molecule has 1 heterocycles. The van der Waals surface area contributed by atoms with Crippen LogP contribution in [0.2, 0.25) is 5.02 Å². The fraction of sp³-hybridized carbons (Fsp3) is 0.200. The lowest BCUT2D eigenvalue weighted by atomic mass is 10.2. The minimum atomic E-state index is -1.05. The Bertz CT molecular complexity index is 1010. The van der Waals surface area contributed by atoms with Crippen LogP contribution in [-0.4, -0.2) is 40.7 Å². The third-order valence-electron chi connectivity index (χ3n) is 4.02. The van der Waals surface area contributed by atoms with Gasteiger partial charge in [-0.05, 0) is 29.8 Å². The smallest absolute Gasteiger partial charge is 0.305 e. The van der Waals surface area contributed by atoms with E-state index < -0.39 is 17.1 Å². The first-order chi connectivity index (χ1) is 14.5. The largest absolute Gasteiger partial charge is 0.493 e. The molecule has 1 aliphatic heterocycles. The Labute approximate surface area is 181 Å². The lowest BCUT2D eigenvalue weighted by Crippen LogP contribution is -2.26. The van der Waals surface area contributed by atoms with Crippen molar-refractivity contribution in [3.63, 3.8) is 0 Å². The third-order valence-corrected chi connectivity index (χ3v) is 5.46. The molecule has 0 bridgehead atoms. The van der Waals surface area contributed by atoms with Gasteiger partial charge in [-0.15, -0.1) is 5.10 Å². The fourth-order valence-corrected chi connectivity index (χ4v) is 3.66. The maximum absolute atomic E-state index is 11.7. The Morgan fingerprint density at radius 3 is 2.83 bits per heavy atom. The predicted molar refractivity (Wildman–Crippen MR) is 116 cm³/mol. The van der Waals surface area contributed by atoms with Crippen molar-refractivity contribution >= 4 is 46.6 Å². The van der Waals surface area contributed by atoms with Crippen molar-refractivity contribution in [2.45, 2.75) is 18.3 Å². The molecule has 0 unspecified atom stereocenters. The van der Waals surface area contributed by atoms with E-state index in [1.807, 2.05) is 18.2 Å². The number of carbonyl (C=O) groups is 2. The van der Waals surface area contributed by atoms with Crippen LogP contribution in [0.15, 0.2) is 52.7 Å². The van der Waals surface area contributed by atoms with Crippen LogP contribution in [0.25, 0.3) is 0 Å². The lowest BCUT2D eigenvalue weighted by Gasteiger charge is -2.12. The highest BCUT2D eigenvalue weighted by Gasteiger charge is 2.32. The standard InChI is InChI=1S/C20H18ClN3O5S/c1-28-15-7-6-12(8-16(15)29-11-13-4-2-3-5-14(13)21)10-22-24-20-23-19(27)17(30-20)9-18(25)26/h2-8,10,17H,9,11H2,1H3,(H,25,26)(H,23,24,27)/b22-10-/t17-/m1/s1. The van der Waals surface area contributed by atoms with Gasteiger partial charge in [0.1, 0.15) is 11.9 Å². The molecule has 10 heteroatoms. The van der Waals surface area contributed by atoms with Gasteiger partial charge in [0, 0.05) is 10.6 Å². The molecular weight excluding hydrogens is 430 g/mol. The molecule has 0 aliphatic carbocycles. The second kappa shape index (κ2) is 10.1. The number of nitrogens with zero attached hydrogens (tertiary/aromatic N) is 2. The topological polar surface area (TPSA) is 110 Å².